The predicted molar refractivity (Wildman–Crippen MR) is 92.3 cm³/mol. The maximum atomic E-state index is 12.2. The van der Waals surface area contributed by atoms with E-state index < -0.39 is 11.9 Å². The number of hydrogen-bond donors (Lipinski definition) is 0. The SMILES string of the molecule is COC(=O)c1oc(C(=O)OC)c(-c2ccccc2)c1-c1ccccc1. The lowest BCUT2D eigenvalue weighted by Crippen LogP contribution is -2.02. The molecule has 0 aliphatic carbocycles. The molecule has 0 saturated carbocycles. The number of furan rings is 1. The minimum atomic E-state index is -0.661. The fourth-order valence-corrected chi connectivity index (χ4v) is 2.66. The molecule has 0 aliphatic rings. The van der Waals surface area contributed by atoms with E-state index in [1.54, 1.807) is 0 Å². The molecule has 5 heteroatoms. The smallest absolute Gasteiger partial charge is 0.374 e. The molecule has 0 unspecified atom stereocenters. The summed E-state index contributed by atoms with van der Waals surface area (Å²) in [4.78, 5) is 24.5. The molecule has 25 heavy (non-hydrogen) atoms. The van der Waals surface area contributed by atoms with Gasteiger partial charge >= 0.3 is 11.9 Å². The van der Waals surface area contributed by atoms with Crippen LogP contribution in [0.25, 0.3) is 22.3 Å². The normalized spacial score (nSPS) is 10.3. The molecule has 0 saturated heterocycles. The first-order chi connectivity index (χ1) is 12.2. The van der Waals surface area contributed by atoms with E-state index in [2.05, 4.69) is 0 Å². The van der Waals surface area contributed by atoms with E-state index in [9.17, 15) is 9.59 Å². The van der Waals surface area contributed by atoms with Crippen molar-refractivity contribution >= 4 is 11.9 Å². The molecule has 126 valence electrons. The number of hydrogen-bond acceptors (Lipinski definition) is 5. The summed E-state index contributed by atoms with van der Waals surface area (Å²) in [6.45, 7) is 0. The fourth-order valence-electron chi connectivity index (χ4n) is 2.66. The second-order valence-corrected chi connectivity index (χ2v) is 5.23. The fraction of sp³-hybridized carbons (Fsp3) is 0.100. The molecule has 0 spiro atoms. The molecule has 0 radical (unpaired) electrons. The van der Waals surface area contributed by atoms with Crippen molar-refractivity contribution in [2.24, 2.45) is 0 Å². The van der Waals surface area contributed by atoms with Gasteiger partial charge in [0.25, 0.3) is 0 Å². The Morgan fingerprint density at radius 3 is 1.36 bits per heavy atom. The number of rotatable bonds is 4. The first kappa shape index (κ1) is 16.5. The van der Waals surface area contributed by atoms with Crippen LogP contribution in [0.15, 0.2) is 65.1 Å². The molecular formula is C20H16O5. The van der Waals surface area contributed by atoms with Crippen molar-refractivity contribution in [3.63, 3.8) is 0 Å². The van der Waals surface area contributed by atoms with Crippen LogP contribution in [0.5, 0.6) is 0 Å². The zero-order chi connectivity index (χ0) is 17.8. The second-order valence-electron chi connectivity index (χ2n) is 5.23. The monoisotopic (exact) mass is 336 g/mol. The average molecular weight is 336 g/mol. The minimum absolute atomic E-state index is 0.0343. The summed E-state index contributed by atoms with van der Waals surface area (Å²) in [5.41, 5.74) is 2.47. The lowest BCUT2D eigenvalue weighted by molar-refractivity contribution is 0.0532. The van der Waals surface area contributed by atoms with Crippen LogP contribution >= 0.6 is 0 Å². The lowest BCUT2D eigenvalue weighted by Gasteiger charge is -2.07. The third kappa shape index (κ3) is 3.04. The van der Waals surface area contributed by atoms with E-state index in [1.165, 1.54) is 14.2 Å². The largest absolute Gasteiger partial charge is 0.463 e. The van der Waals surface area contributed by atoms with Gasteiger partial charge in [-0.25, -0.2) is 9.59 Å². The van der Waals surface area contributed by atoms with Crippen LogP contribution in [0.1, 0.15) is 21.1 Å². The van der Waals surface area contributed by atoms with Gasteiger partial charge in [-0.3, -0.25) is 0 Å². The molecule has 0 amide bonds. The highest BCUT2D eigenvalue weighted by Gasteiger charge is 2.31. The van der Waals surface area contributed by atoms with Gasteiger partial charge in [0.05, 0.1) is 14.2 Å². The molecule has 0 N–H and O–H groups in total. The van der Waals surface area contributed by atoms with Crippen LogP contribution in [0.3, 0.4) is 0 Å². The van der Waals surface area contributed by atoms with Crippen molar-refractivity contribution in [3.8, 4) is 22.3 Å². The maximum Gasteiger partial charge on any atom is 0.374 e. The number of esters is 2. The van der Waals surface area contributed by atoms with E-state index in [1.807, 2.05) is 60.7 Å². The van der Waals surface area contributed by atoms with Gasteiger partial charge in [-0.15, -0.1) is 0 Å². The topological polar surface area (TPSA) is 65.7 Å². The highest BCUT2D eigenvalue weighted by molar-refractivity contribution is 6.06. The van der Waals surface area contributed by atoms with Crippen LogP contribution in [-0.4, -0.2) is 26.2 Å². The highest BCUT2D eigenvalue weighted by Crippen LogP contribution is 2.40. The van der Waals surface area contributed by atoms with Gasteiger partial charge in [-0.2, -0.15) is 0 Å². The molecule has 3 rings (SSSR count). The molecule has 0 bridgehead atoms. The van der Waals surface area contributed by atoms with Crippen LogP contribution in [0.2, 0.25) is 0 Å². The molecule has 0 fully saturated rings. The van der Waals surface area contributed by atoms with Crippen molar-refractivity contribution in [3.05, 3.63) is 72.2 Å². The van der Waals surface area contributed by atoms with Crippen molar-refractivity contribution < 1.29 is 23.5 Å². The van der Waals surface area contributed by atoms with Crippen molar-refractivity contribution in [1.29, 1.82) is 0 Å². The Balaban J connectivity index is 2.38. The molecule has 0 atom stereocenters. The first-order valence-corrected chi connectivity index (χ1v) is 7.61. The molecule has 2 aromatic carbocycles. The Kier molecular flexibility index (Phi) is 4.66. The van der Waals surface area contributed by atoms with Crippen LogP contribution in [0.4, 0.5) is 0 Å². The molecule has 1 heterocycles. The molecule has 1 aromatic heterocycles. The Labute approximate surface area is 144 Å². The van der Waals surface area contributed by atoms with Crippen molar-refractivity contribution in [2.75, 3.05) is 14.2 Å². The number of carbonyl (C=O) groups excluding carboxylic acids is 2. The molecule has 3 aromatic rings. The minimum Gasteiger partial charge on any atom is -0.463 e. The van der Waals surface area contributed by atoms with E-state index in [-0.39, 0.29) is 11.5 Å². The highest BCUT2D eigenvalue weighted by atomic mass is 16.5. The Morgan fingerprint density at radius 2 is 1.04 bits per heavy atom. The zero-order valence-electron chi connectivity index (χ0n) is 13.8. The van der Waals surface area contributed by atoms with Crippen LogP contribution < -0.4 is 0 Å². The van der Waals surface area contributed by atoms with Gasteiger partial charge in [0.1, 0.15) is 0 Å². The Morgan fingerprint density at radius 1 is 0.680 bits per heavy atom. The first-order valence-electron chi connectivity index (χ1n) is 7.61. The van der Waals surface area contributed by atoms with Gasteiger partial charge < -0.3 is 13.9 Å². The van der Waals surface area contributed by atoms with Crippen molar-refractivity contribution in [2.45, 2.75) is 0 Å². The third-order valence-electron chi connectivity index (χ3n) is 3.77. The summed E-state index contributed by atoms with van der Waals surface area (Å²) in [5, 5.41) is 0. The summed E-state index contributed by atoms with van der Waals surface area (Å²) in [6, 6.07) is 18.5. The van der Waals surface area contributed by atoms with Gasteiger partial charge in [-0.05, 0) is 11.1 Å². The molecule has 5 nitrogen and oxygen atoms in total. The van der Waals surface area contributed by atoms with Crippen molar-refractivity contribution in [1.82, 2.24) is 0 Å². The standard InChI is InChI=1S/C20H16O5/c1-23-19(21)17-15(13-9-5-3-6-10-13)16(14-11-7-4-8-12-14)18(25-17)20(22)24-2/h3-12H,1-2H3. The number of benzene rings is 2. The van der Waals surface area contributed by atoms with Gasteiger partial charge in [0, 0.05) is 11.1 Å². The predicted octanol–water partition coefficient (Wildman–Crippen LogP) is 4.19. The van der Waals surface area contributed by atoms with Gasteiger partial charge in [0.15, 0.2) is 0 Å². The quantitative estimate of drug-likeness (QED) is 0.669. The van der Waals surface area contributed by atoms with Crippen LogP contribution in [-0.2, 0) is 9.47 Å². The Hall–Kier alpha value is -3.34. The third-order valence-corrected chi connectivity index (χ3v) is 3.77. The molecular weight excluding hydrogens is 320 g/mol. The average Bonchev–Trinajstić information content (AvgIpc) is 3.08. The van der Waals surface area contributed by atoms with E-state index >= 15 is 0 Å². The summed E-state index contributed by atoms with van der Waals surface area (Å²) < 4.78 is 15.3. The summed E-state index contributed by atoms with van der Waals surface area (Å²) >= 11 is 0. The van der Waals surface area contributed by atoms with Gasteiger partial charge in [-0.1, -0.05) is 60.7 Å². The number of methoxy groups -OCH3 is 2. The van der Waals surface area contributed by atoms with Gasteiger partial charge in [0.2, 0.25) is 11.5 Å². The second kappa shape index (κ2) is 7.05. The lowest BCUT2D eigenvalue weighted by atomic mass is 9.94. The number of ether oxygens (including phenoxy) is 2. The summed E-state index contributed by atoms with van der Waals surface area (Å²) in [7, 11) is 2.53. The maximum absolute atomic E-state index is 12.2. The van der Waals surface area contributed by atoms with E-state index in [0.29, 0.717) is 11.1 Å². The number of carbonyl (C=O) groups is 2. The van der Waals surface area contributed by atoms with E-state index in [0.717, 1.165) is 11.1 Å². The summed E-state index contributed by atoms with van der Waals surface area (Å²) in [6.07, 6.45) is 0. The van der Waals surface area contributed by atoms with E-state index in [4.69, 9.17) is 13.9 Å². The van der Waals surface area contributed by atoms with Crippen LogP contribution in [0, 0.1) is 0 Å². The Bertz CT molecular complexity index is 821. The summed E-state index contributed by atoms with van der Waals surface area (Å²) in [5.74, 6) is -1.39. The molecule has 0 aliphatic heterocycles. The zero-order valence-corrected chi connectivity index (χ0v) is 13.8.